The number of amides is 1. The minimum atomic E-state index is -0.507. The lowest BCUT2D eigenvalue weighted by atomic mass is 10.1. The number of pyridine rings is 1. The van der Waals surface area contributed by atoms with Crippen LogP contribution in [0.5, 0.6) is 0 Å². The van der Waals surface area contributed by atoms with Crippen molar-refractivity contribution < 1.29 is 14.3 Å². The molecule has 0 fully saturated rings. The summed E-state index contributed by atoms with van der Waals surface area (Å²) in [6.07, 6.45) is 6.11. The summed E-state index contributed by atoms with van der Waals surface area (Å²) in [6.45, 7) is 9.23. The molecule has 0 saturated heterocycles. The van der Waals surface area contributed by atoms with Crippen LogP contribution in [0, 0.1) is 0 Å². The average Bonchev–Trinajstić information content (AvgIpc) is 2.80. The van der Waals surface area contributed by atoms with Crippen LogP contribution in [0.1, 0.15) is 45.2 Å². The Kier molecular flexibility index (Phi) is 8.86. The number of alkyl carbamates (subject to hydrolysis) is 1. The fourth-order valence-corrected chi connectivity index (χ4v) is 3.13. The number of nitrogens with zero attached hydrogens (tertiary/aromatic N) is 4. The molecule has 34 heavy (non-hydrogen) atoms. The van der Waals surface area contributed by atoms with Crippen LogP contribution in [0.4, 0.5) is 16.4 Å². The van der Waals surface area contributed by atoms with E-state index in [9.17, 15) is 4.79 Å². The molecule has 0 aliphatic carbocycles. The van der Waals surface area contributed by atoms with E-state index in [0.717, 1.165) is 35.2 Å². The van der Waals surface area contributed by atoms with E-state index in [4.69, 9.17) is 9.47 Å². The van der Waals surface area contributed by atoms with Crippen LogP contribution in [-0.4, -0.2) is 44.8 Å². The number of hydrogen-bond acceptors (Lipinski definition) is 8. The molecule has 9 heteroatoms. The van der Waals surface area contributed by atoms with Gasteiger partial charge in [0.05, 0.1) is 6.61 Å². The van der Waals surface area contributed by atoms with Crippen LogP contribution in [0.15, 0.2) is 49.1 Å². The van der Waals surface area contributed by atoms with Crippen LogP contribution >= 0.6 is 0 Å². The highest BCUT2D eigenvalue weighted by molar-refractivity contribution is 5.67. The van der Waals surface area contributed by atoms with Gasteiger partial charge in [0.25, 0.3) is 0 Å². The Labute approximate surface area is 200 Å². The summed E-state index contributed by atoms with van der Waals surface area (Å²) >= 11 is 0. The predicted molar refractivity (Wildman–Crippen MR) is 131 cm³/mol. The third-order valence-corrected chi connectivity index (χ3v) is 4.59. The van der Waals surface area contributed by atoms with Gasteiger partial charge in [-0.15, -0.1) is 0 Å². The summed E-state index contributed by atoms with van der Waals surface area (Å²) in [5, 5.41) is 5.99. The van der Waals surface area contributed by atoms with Gasteiger partial charge in [0, 0.05) is 36.8 Å². The number of aryl methyl sites for hydroxylation is 1. The van der Waals surface area contributed by atoms with Gasteiger partial charge in [0.1, 0.15) is 11.9 Å². The number of anilines is 2. The summed E-state index contributed by atoms with van der Waals surface area (Å²) in [5.74, 6) is 0.981. The fraction of sp³-hybridized carbons (Fsp3) is 0.400. The van der Waals surface area contributed by atoms with E-state index in [0.29, 0.717) is 31.5 Å². The fourth-order valence-electron chi connectivity index (χ4n) is 3.13. The number of carbonyl (C=O) groups excluding carboxylic acids is 1. The number of nitrogens with one attached hydrogen (secondary N) is 2. The standard InChI is InChI=1S/C25H32N6O3/c1-5-33-16-19-8-6-10-21(13-19)30-23-29-17-28-22(31-23)20-12-18(14-26-15-20)9-7-11-27-24(32)34-25(2,3)4/h6,8,10,12-15,17H,5,7,9,11,16H2,1-4H3,(H,27,32)(H,28,29,30,31). The first-order valence-corrected chi connectivity index (χ1v) is 11.4. The molecule has 0 atom stereocenters. The van der Waals surface area contributed by atoms with Crippen molar-refractivity contribution in [2.45, 2.75) is 52.7 Å². The zero-order chi connectivity index (χ0) is 24.4. The molecule has 180 valence electrons. The van der Waals surface area contributed by atoms with Crippen molar-refractivity contribution in [2.75, 3.05) is 18.5 Å². The van der Waals surface area contributed by atoms with Crippen LogP contribution in [0.3, 0.4) is 0 Å². The third kappa shape index (κ3) is 8.40. The van der Waals surface area contributed by atoms with Gasteiger partial charge in [-0.05, 0) is 69.9 Å². The normalized spacial score (nSPS) is 11.2. The van der Waals surface area contributed by atoms with E-state index in [1.54, 1.807) is 12.4 Å². The van der Waals surface area contributed by atoms with E-state index in [1.807, 2.05) is 58.0 Å². The molecule has 0 aliphatic heterocycles. The smallest absolute Gasteiger partial charge is 0.407 e. The molecule has 0 unspecified atom stereocenters. The highest BCUT2D eigenvalue weighted by Gasteiger charge is 2.15. The molecule has 0 bridgehead atoms. The molecule has 1 amide bonds. The highest BCUT2D eigenvalue weighted by atomic mass is 16.6. The first kappa shape index (κ1) is 25.0. The molecule has 9 nitrogen and oxygen atoms in total. The minimum Gasteiger partial charge on any atom is -0.444 e. The van der Waals surface area contributed by atoms with Crippen LogP contribution in [0.25, 0.3) is 11.4 Å². The molecule has 0 radical (unpaired) electrons. The number of aromatic nitrogens is 4. The Hall–Kier alpha value is -3.59. The largest absolute Gasteiger partial charge is 0.444 e. The third-order valence-electron chi connectivity index (χ3n) is 4.59. The first-order valence-electron chi connectivity index (χ1n) is 11.4. The molecule has 2 N–H and O–H groups in total. The quantitative estimate of drug-likeness (QED) is 0.416. The van der Waals surface area contributed by atoms with Crippen molar-refractivity contribution in [3.63, 3.8) is 0 Å². The van der Waals surface area contributed by atoms with Crippen LogP contribution in [0.2, 0.25) is 0 Å². The van der Waals surface area contributed by atoms with Gasteiger partial charge in [-0.2, -0.15) is 4.98 Å². The summed E-state index contributed by atoms with van der Waals surface area (Å²) in [6, 6.07) is 9.94. The SMILES string of the molecule is CCOCc1cccc(Nc2ncnc(-c3cncc(CCCNC(=O)OC(C)(C)C)c3)n2)c1. The molecule has 0 saturated carbocycles. The predicted octanol–water partition coefficient (Wildman–Crippen LogP) is 4.67. The van der Waals surface area contributed by atoms with Gasteiger partial charge < -0.3 is 20.1 Å². The first-order chi connectivity index (χ1) is 16.3. The molecule has 1 aromatic carbocycles. The Bertz CT molecular complexity index is 1080. The lowest BCUT2D eigenvalue weighted by Crippen LogP contribution is -2.33. The number of ether oxygens (including phenoxy) is 2. The Morgan fingerprint density at radius 3 is 2.74 bits per heavy atom. The Morgan fingerprint density at radius 2 is 1.94 bits per heavy atom. The van der Waals surface area contributed by atoms with Gasteiger partial charge in [0.15, 0.2) is 5.82 Å². The number of hydrogen-bond donors (Lipinski definition) is 2. The maximum atomic E-state index is 11.8. The molecular formula is C25H32N6O3. The van der Waals surface area contributed by atoms with Gasteiger partial charge in [-0.25, -0.2) is 14.8 Å². The second-order valence-electron chi connectivity index (χ2n) is 8.71. The van der Waals surface area contributed by atoms with Crippen molar-refractivity contribution >= 4 is 17.7 Å². The second kappa shape index (κ2) is 12.0. The second-order valence-corrected chi connectivity index (χ2v) is 8.71. The van der Waals surface area contributed by atoms with Crippen molar-refractivity contribution in [1.82, 2.24) is 25.3 Å². The summed E-state index contributed by atoms with van der Waals surface area (Å²) in [7, 11) is 0. The molecular weight excluding hydrogens is 432 g/mol. The number of benzene rings is 1. The molecule has 0 spiro atoms. The van der Waals surface area contributed by atoms with Gasteiger partial charge >= 0.3 is 6.09 Å². The van der Waals surface area contributed by atoms with E-state index >= 15 is 0 Å². The van der Waals surface area contributed by atoms with E-state index in [1.165, 1.54) is 6.33 Å². The Balaban J connectivity index is 1.59. The summed E-state index contributed by atoms with van der Waals surface area (Å²) in [5.41, 5.74) is 3.26. The van der Waals surface area contributed by atoms with Crippen molar-refractivity contribution in [1.29, 1.82) is 0 Å². The average molecular weight is 465 g/mol. The molecule has 3 aromatic rings. The molecule has 2 heterocycles. The van der Waals surface area contributed by atoms with E-state index < -0.39 is 11.7 Å². The van der Waals surface area contributed by atoms with Crippen molar-refractivity contribution in [2.24, 2.45) is 0 Å². The number of rotatable bonds is 10. The van der Waals surface area contributed by atoms with Crippen molar-refractivity contribution in [3.8, 4) is 11.4 Å². The summed E-state index contributed by atoms with van der Waals surface area (Å²) < 4.78 is 10.7. The zero-order valence-corrected chi connectivity index (χ0v) is 20.2. The molecule has 0 aliphatic rings. The van der Waals surface area contributed by atoms with Gasteiger partial charge in [0.2, 0.25) is 5.95 Å². The summed E-state index contributed by atoms with van der Waals surface area (Å²) in [4.78, 5) is 29.2. The van der Waals surface area contributed by atoms with Gasteiger partial charge in [-0.3, -0.25) is 4.98 Å². The minimum absolute atomic E-state index is 0.409. The molecule has 2 aromatic heterocycles. The molecule has 3 rings (SSSR count). The monoisotopic (exact) mass is 464 g/mol. The van der Waals surface area contributed by atoms with Crippen LogP contribution in [-0.2, 0) is 22.5 Å². The lowest BCUT2D eigenvalue weighted by Gasteiger charge is -2.19. The zero-order valence-electron chi connectivity index (χ0n) is 20.2. The topological polar surface area (TPSA) is 111 Å². The van der Waals surface area contributed by atoms with Gasteiger partial charge in [-0.1, -0.05) is 12.1 Å². The van der Waals surface area contributed by atoms with Crippen molar-refractivity contribution in [3.05, 3.63) is 60.2 Å². The van der Waals surface area contributed by atoms with E-state index in [2.05, 4.69) is 30.6 Å². The lowest BCUT2D eigenvalue weighted by molar-refractivity contribution is 0.0527. The van der Waals surface area contributed by atoms with E-state index in [-0.39, 0.29) is 0 Å². The maximum Gasteiger partial charge on any atom is 0.407 e. The van der Waals surface area contributed by atoms with Crippen LogP contribution < -0.4 is 10.6 Å². The number of carbonyl (C=O) groups is 1. The Morgan fingerprint density at radius 1 is 1.09 bits per heavy atom. The highest BCUT2D eigenvalue weighted by Crippen LogP contribution is 2.19. The maximum absolute atomic E-state index is 11.8.